The summed E-state index contributed by atoms with van der Waals surface area (Å²) in [6.45, 7) is 1.17. The average molecular weight is 453 g/mol. The minimum absolute atomic E-state index is 0. The van der Waals surface area contributed by atoms with Crippen LogP contribution < -0.4 is 20.5 Å². The number of nitrogens with zero attached hydrogens (tertiary/aromatic N) is 1. The van der Waals surface area contributed by atoms with Gasteiger partial charge in [0.05, 0.1) is 11.6 Å². The lowest BCUT2D eigenvalue weighted by molar-refractivity contribution is -0.119. The van der Waals surface area contributed by atoms with Crippen molar-refractivity contribution in [2.45, 2.75) is 13.1 Å². The van der Waals surface area contributed by atoms with E-state index in [1.807, 2.05) is 30.5 Å². The molecule has 0 fully saturated rings. The molecule has 2 aromatic rings. The number of nitrogens with two attached hydrogens (primary N) is 1. The summed E-state index contributed by atoms with van der Waals surface area (Å²) in [7, 11) is 1.55. The molecule has 25 heavy (non-hydrogen) atoms. The number of methoxy groups -OCH3 is 1. The van der Waals surface area contributed by atoms with Gasteiger partial charge in [0.2, 0.25) is 0 Å². The van der Waals surface area contributed by atoms with Gasteiger partial charge >= 0.3 is 0 Å². The van der Waals surface area contributed by atoms with E-state index in [2.05, 4.69) is 26.2 Å². The number of pyridine rings is 1. The van der Waals surface area contributed by atoms with Crippen molar-refractivity contribution in [1.82, 2.24) is 10.3 Å². The van der Waals surface area contributed by atoms with Gasteiger partial charge in [0, 0.05) is 25.5 Å². The Morgan fingerprint density at radius 1 is 1.28 bits per heavy atom. The van der Waals surface area contributed by atoms with Crippen molar-refractivity contribution < 1.29 is 14.3 Å². The second-order valence-corrected chi connectivity index (χ2v) is 5.68. The number of hydrogen-bond donors (Lipinski definition) is 2. The van der Waals surface area contributed by atoms with Crippen LogP contribution in [0.25, 0.3) is 0 Å². The molecule has 9 heteroatoms. The molecule has 1 aromatic carbocycles. The lowest BCUT2D eigenvalue weighted by Crippen LogP contribution is -2.20. The Hall–Kier alpha value is -1.54. The van der Waals surface area contributed by atoms with E-state index in [1.165, 1.54) is 0 Å². The summed E-state index contributed by atoms with van der Waals surface area (Å²) >= 11 is 3.43. The molecule has 0 bridgehead atoms. The van der Waals surface area contributed by atoms with Crippen LogP contribution in [0.2, 0.25) is 0 Å². The second kappa shape index (κ2) is 11.9. The van der Waals surface area contributed by atoms with E-state index in [-0.39, 0.29) is 31.4 Å². The third-order valence-corrected chi connectivity index (χ3v) is 3.62. The summed E-state index contributed by atoms with van der Waals surface area (Å²) < 4.78 is 11.4. The minimum Gasteiger partial charge on any atom is -0.493 e. The van der Waals surface area contributed by atoms with E-state index < -0.39 is 5.91 Å². The van der Waals surface area contributed by atoms with Gasteiger partial charge in [-0.05, 0) is 45.3 Å². The number of amides is 1. The Labute approximate surface area is 167 Å². The number of ether oxygens (including phenoxy) is 2. The molecule has 2 rings (SSSR count). The quantitative estimate of drug-likeness (QED) is 0.643. The van der Waals surface area contributed by atoms with Crippen molar-refractivity contribution in [3.05, 3.63) is 52.3 Å². The first-order valence-corrected chi connectivity index (χ1v) is 7.76. The molecule has 6 nitrogen and oxygen atoms in total. The Morgan fingerprint density at radius 3 is 2.60 bits per heavy atom. The third-order valence-electron chi connectivity index (χ3n) is 3.03. The van der Waals surface area contributed by atoms with Crippen LogP contribution in [-0.2, 0) is 17.9 Å². The number of nitrogens with one attached hydrogen (secondary N) is 1. The topological polar surface area (TPSA) is 86.5 Å². The van der Waals surface area contributed by atoms with Crippen LogP contribution in [0.5, 0.6) is 11.5 Å². The van der Waals surface area contributed by atoms with E-state index >= 15 is 0 Å². The molecule has 0 aliphatic carbocycles. The molecule has 3 N–H and O–H groups in total. The van der Waals surface area contributed by atoms with Crippen molar-refractivity contribution in [1.29, 1.82) is 0 Å². The van der Waals surface area contributed by atoms with Crippen LogP contribution in [0.4, 0.5) is 0 Å². The number of carbonyl (C=O) groups is 1. The van der Waals surface area contributed by atoms with Gasteiger partial charge < -0.3 is 20.5 Å². The van der Waals surface area contributed by atoms with Gasteiger partial charge in [0.25, 0.3) is 5.91 Å². The maximum atomic E-state index is 10.9. The molecule has 1 heterocycles. The predicted molar refractivity (Wildman–Crippen MR) is 105 cm³/mol. The van der Waals surface area contributed by atoms with Gasteiger partial charge in [-0.1, -0.05) is 6.07 Å². The molecule has 0 saturated carbocycles. The number of carbonyl (C=O) groups excluding carboxylic acids is 1. The van der Waals surface area contributed by atoms with Crippen LogP contribution in [0.1, 0.15) is 11.1 Å². The molecular formula is C16H20BrCl2N3O3. The summed E-state index contributed by atoms with van der Waals surface area (Å²) in [6, 6.07) is 7.69. The van der Waals surface area contributed by atoms with Gasteiger partial charge in [-0.25, -0.2) is 0 Å². The van der Waals surface area contributed by atoms with Gasteiger partial charge in [-0.2, -0.15) is 0 Å². The second-order valence-electron chi connectivity index (χ2n) is 4.83. The number of hydrogen-bond acceptors (Lipinski definition) is 5. The summed E-state index contributed by atoms with van der Waals surface area (Å²) in [5.41, 5.74) is 7.23. The first-order chi connectivity index (χ1) is 11.1. The van der Waals surface area contributed by atoms with Crippen LogP contribution in [0.3, 0.4) is 0 Å². The Morgan fingerprint density at radius 2 is 2.00 bits per heavy atom. The molecule has 1 aromatic heterocycles. The van der Waals surface area contributed by atoms with E-state index in [4.69, 9.17) is 15.2 Å². The van der Waals surface area contributed by atoms with Crippen LogP contribution in [-0.4, -0.2) is 24.6 Å². The van der Waals surface area contributed by atoms with Crippen LogP contribution >= 0.6 is 40.7 Å². The zero-order valence-corrected chi connectivity index (χ0v) is 16.7. The highest BCUT2D eigenvalue weighted by Gasteiger charge is 2.12. The lowest BCUT2D eigenvalue weighted by atomic mass is 10.2. The molecule has 0 atom stereocenters. The van der Waals surface area contributed by atoms with E-state index in [0.717, 1.165) is 11.1 Å². The van der Waals surface area contributed by atoms with Crippen molar-refractivity contribution in [2.24, 2.45) is 5.73 Å². The Bertz CT molecular complexity index is 675. The van der Waals surface area contributed by atoms with Crippen molar-refractivity contribution in [3.63, 3.8) is 0 Å². The standard InChI is InChI=1S/C16H18BrN3O3.2ClH/c1-22-14-6-12(5-13(17)16(14)23-10-15(18)21)9-20-8-11-3-2-4-19-7-11;;/h2-7,20H,8-10H2,1H3,(H2,18,21);2*1H. The number of halogens is 3. The zero-order valence-electron chi connectivity index (χ0n) is 13.5. The number of aromatic nitrogens is 1. The SMILES string of the molecule is COc1cc(CNCc2cccnc2)cc(Br)c1OCC(N)=O.Cl.Cl. The fourth-order valence-corrected chi connectivity index (χ4v) is 2.62. The van der Waals surface area contributed by atoms with Gasteiger partial charge in [-0.3, -0.25) is 9.78 Å². The predicted octanol–water partition coefficient (Wildman–Crippen LogP) is 2.85. The third kappa shape index (κ3) is 7.48. The highest BCUT2D eigenvalue weighted by atomic mass is 79.9. The van der Waals surface area contributed by atoms with E-state index in [0.29, 0.717) is 29.1 Å². The fourth-order valence-electron chi connectivity index (χ4n) is 2.01. The molecule has 0 spiro atoms. The highest BCUT2D eigenvalue weighted by molar-refractivity contribution is 9.10. The van der Waals surface area contributed by atoms with Crippen molar-refractivity contribution >= 4 is 46.7 Å². The average Bonchev–Trinajstić information content (AvgIpc) is 2.54. The smallest absolute Gasteiger partial charge is 0.255 e. The van der Waals surface area contributed by atoms with E-state index in [9.17, 15) is 4.79 Å². The van der Waals surface area contributed by atoms with Crippen LogP contribution in [0, 0.1) is 0 Å². The molecule has 0 unspecified atom stereocenters. The molecule has 0 aliphatic heterocycles. The van der Waals surface area contributed by atoms with Gasteiger partial charge in [-0.15, -0.1) is 24.8 Å². The Kier molecular flexibility index (Phi) is 11.2. The molecule has 0 radical (unpaired) electrons. The molecule has 0 aliphatic rings. The van der Waals surface area contributed by atoms with E-state index in [1.54, 1.807) is 13.3 Å². The summed E-state index contributed by atoms with van der Waals surface area (Å²) in [5.74, 6) is 0.460. The zero-order chi connectivity index (χ0) is 16.7. The maximum absolute atomic E-state index is 10.9. The number of rotatable bonds is 8. The molecule has 138 valence electrons. The summed E-state index contributed by atoms with van der Waals surface area (Å²) in [4.78, 5) is 14.9. The van der Waals surface area contributed by atoms with Gasteiger partial charge in [0.1, 0.15) is 0 Å². The number of primary amides is 1. The van der Waals surface area contributed by atoms with Gasteiger partial charge in [0.15, 0.2) is 18.1 Å². The Balaban J connectivity index is 0.00000288. The molecule has 1 amide bonds. The first kappa shape index (κ1) is 23.5. The largest absolute Gasteiger partial charge is 0.493 e. The van der Waals surface area contributed by atoms with Crippen molar-refractivity contribution in [3.8, 4) is 11.5 Å². The summed E-state index contributed by atoms with van der Waals surface area (Å²) in [5, 5.41) is 3.33. The maximum Gasteiger partial charge on any atom is 0.255 e. The lowest BCUT2D eigenvalue weighted by Gasteiger charge is -2.14. The number of benzene rings is 1. The first-order valence-electron chi connectivity index (χ1n) is 6.97. The normalized spacial score (nSPS) is 9.52. The fraction of sp³-hybridized carbons (Fsp3) is 0.250. The van der Waals surface area contributed by atoms with Crippen molar-refractivity contribution in [2.75, 3.05) is 13.7 Å². The monoisotopic (exact) mass is 451 g/mol. The molecular weight excluding hydrogens is 433 g/mol. The summed E-state index contributed by atoms with van der Waals surface area (Å²) in [6.07, 6.45) is 3.57. The van der Waals surface area contributed by atoms with Crippen LogP contribution in [0.15, 0.2) is 41.1 Å². The molecule has 0 saturated heterocycles. The minimum atomic E-state index is -0.541. The highest BCUT2D eigenvalue weighted by Crippen LogP contribution is 2.36.